The van der Waals surface area contributed by atoms with Gasteiger partial charge in [-0.25, -0.2) is 19.9 Å². The van der Waals surface area contributed by atoms with Crippen LogP contribution in [-0.2, 0) is 0 Å². The first-order chi connectivity index (χ1) is 25.7. The van der Waals surface area contributed by atoms with E-state index in [9.17, 15) is 0 Å². The molecule has 0 saturated heterocycles. The zero-order valence-corrected chi connectivity index (χ0v) is 28.0. The van der Waals surface area contributed by atoms with Crippen molar-refractivity contribution in [1.29, 1.82) is 0 Å². The number of hydrogen-bond donors (Lipinski definition) is 0. The van der Waals surface area contributed by atoms with Crippen LogP contribution >= 0.6 is 0 Å². The van der Waals surface area contributed by atoms with E-state index in [0.717, 1.165) is 99.9 Å². The number of fused-ring (bicyclic) bond motifs is 5. The maximum absolute atomic E-state index is 5.15. The monoisotopic (exact) mass is 663 g/mol. The highest BCUT2D eigenvalue weighted by molar-refractivity contribution is 6.04. The number of pyridine rings is 5. The third-order valence-corrected chi connectivity index (χ3v) is 9.71. The zero-order valence-electron chi connectivity index (χ0n) is 28.0. The molecule has 0 fully saturated rings. The lowest BCUT2D eigenvalue weighted by Crippen LogP contribution is -1.91. The molecule has 5 aromatic heterocycles. The van der Waals surface area contributed by atoms with E-state index >= 15 is 0 Å². The molecule has 0 N–H and O–H groups in total. The molecule has 10 rings (SSSR count). The summed E-state index contributed by atoms with van der Waals surface area (Å²) >= 11 is 0. The van der Waals surface area contributed by atoms with Crippen LogP contribution in [-0.4, -0.2) is 24.9 Å². The van der Waals surface area contributed by atoms with E-state index in [1.54, 1.807) is 6.20 Å². The highest BCUT2D eigenvalue weighted by atomic mass is 14.8. The van der Waals surface area contributed by atoms with Gasteiger partial charge >= 0.3 is 0 Å². The third-order valence-electron chi connectivity index (χ3n) is 9.71. The molecule has 0 atom stereocenters. The SMILES string of the molecule is c1ccc(-c2ccc3ccc4ccc(-c5ccc(-c6ccc7ccc(-c8ccc9ccc(-c%10ccccn%10)nc9c8)nc7c6)cc5)nc4c3n2)cc1. The standard InChI is InChI=1S/C47H29N5/c1-2-6-31(7-3-1)39-24-21-35-15-16-36-22-25-40(52-47(36)46(35)51-39)32-11-9-30(10-12-32)37-17-13-33-19-23-41(49-44(33)28-37)38-18-14-34-20-26-43(50-45(34)29-38)42-8-4-5-27-48-42/h1-29H. The molecule has 0 bridgehead atoms. The smallest absolute Gasteiger partial charge is 0.0972 e. The first-order valence-corrected chi connectivity index (χ1v) is 17.3. The van der Waals surface area contributed by atoms with E-state index in [0.29, 0.717) is 0 Å². The molecular formula is C47H29N5. The minimum atomic E-state index is 0.853. The van der Waals surface area contributed by atoms with E-state index < -0.39 is 0 Å². The Bertz CT molecular complexity index is 2940. The molecule has 0 radical (unpaired) electrons. The van der Waals surface area contributed by atoms with Crippen molar-refractivity contribution in [1.82, 2.24) is 24.9 Å². The molecule has 5 nitrogen and oxygen atoms in total. The van der Waals surface area contributed by atoms with Gasteiger partial charge in [0.1, 0.15) is 0 Å². The summed E-state index contributed by atoms with van der Waals surface area (Å²) in [5.41, 5.74) is 13.6. The number of nitrogens with zero attached hydrogens (tertiary/aromatic N) is 5. The number of hydrogen-bond acceptors (Lipinski definition) is 5. The summed E-state index contributed by atoms with van der Waals surface area (Å²) < 4.78 is 0. The Morgan fingerprint density at radius 1 is 0.269 bits per heavy atom. The largest absolute Gasteiger partial charge is 0.255 e. The Morgan fingerprint density at radius 3 is 1.38 bits per heavy atom. The maximum Gasteiger partial charge on any atom is 0.0972 e. The van der Waals surface area contributed by atoms with Crippen LogP contribution in [0, 0.1) is 0 Å². The molecule has 5 heteroatoms. The molecule has 0 unspecified atom stereocenters. The highest BCUT2D eigenvalue weighted by Crippen LogP contribution is 2.32. The van der Waals surface area contributed by atoms with Crippen LogP contribution in [0.4, 0.5) is 0 Å². The van der Waals surface area contributed by atoms with Crippen LogP contribution in [0.2, 0.25) is 0 Å². The summed E-state index contributed by atoms with van der Waals surface area (Å²) in [4.78, 5) is 24.7. The van der Waals surface area contributed by atoms with E-state index in [1.165, 1.54) is 0 Å². The second kappa shape index (κ2) is 12.3. The Kier molecular flexibility index (Phi) is 7.07. The molecule has 0 aliphatic carbocycles. The number of benzene rings is 5. The van der Waals surface area contributed by atoms with Crippen molar-refractivity contribution in [3.8, 4) is 56.3 Å². The molecule has 0 spiro atoms. The molecule has 0 saturated carbocycles. The first kappa shape index (κ1) is 29.8. The fraction of sp³-hybridized carbons (Fsp3) is 0. The van der Waals surface area contributed by atoms with Crippen LogP contribution in [0.5, 0.6) is 0 Å². The van der Waals surface area contributed by atoms with Gasteiger partial charge in [-0.15, -0.1) is 0 Å². The molecule has 10 aromatic rings. The molecular weight excluding hydrogens is 635 g/mol. The molecule has 52 heavy (non-hydrogen) atoms. The van der Waals surface area contributed by atoms with Gasteiger partial charge in [0.25, 0.3) is 0 Å². The first-order valence-electron chi connectivity index (χ1n) is 17.3. The van der Waals surface area contributed by atoms with Gasteiger partial charge in [-0.05, 0) is 59.7 Å². The molecule has 5 aromatic carbocycles. The average Bonchev–Trinajstić information content (AvgIpc) is 3.23. The van der Waals surface area contributed by atoms with E-state index in [1.807, 2.05) is 42.5 Å². The summed E-state index contributed by atoms with van der Waals surface area (Å²) in [5.74, 6) is 0. The van der Waals surface area contributed by atoms with Crippen LogP contribution in [0.25, 0.3) is 99.9 Å². The third kappa shape index (κ3) is 5.42. The Morgan fingerprint density at radius 2 is 0.731 bits per heavy atom. The zero-order chi connectivity index (χ0) is 34.4. The summed E-state index contributed by atoms with van der Waals surface area (Å²) in [5, 5.41) is 4.32. The average molecular weight is 664 g/mol. The minimum absolute atomic E-state index is 0.853. The predicted octanol–water partition coefficient (Wildman–Crippen LogP) is 11.6. The predicted molar refractivity (Wildman–Crippen MR) is 213 cm³/mol. The van der Waals surface area contributed by atoms with Gasteiger partial charge in [-0.3, -0.25) is 4.98 Å². The van der Waals surface area contributed by atoms with Crippen LogP contribution in [0.15, 0.2) is 176 Å². The van der Waals surface area contributed by atoms with Crippen LogP contribution in [0.1, 0.15) is 0 Å². The Balaban J connectivity index is 0.965. The Hall–Kier alpha value is -7.11. The molecule has 0 amide bonds. The summed E-state index contributed by atoms with van der Waals surface area (Å²) in [7, 11) is 0. The van der Waals surface area contributed by atoms with Gasteiger partial charge in [0.05, 0.1) is 50.5 Å². The fourth-order valence-electron chi connectivity index (χ4n) is 6.92. The summed E-state index contributed by atoms with van der Waals surface area (Å²) in [6.45, 7) is 0. The summed E-state index contributed by atoms with van der Waals surface area (Å²) in [6, 6.07) is 58.6. The molecule has 0 aliphatic rings. The van der Waals surface area contributed by atoms with Gasteiger partial charge in [-0.1, -0.05) is 121 Å². The van der Waals surface area contributed by atoms with Crippen molar-refractivity contribution in [3.63, 3.8) is 0 Å². The summed E-state index contributed by atoms with van der Waals surface area (Å²) in [6.07, 6.45) is 1.79. The van der Waals surface area contributed by atoms with Gasteiger partial charge in [0.2, 0.25) is 0 Å². The second-order valence-corrected chi connectivity index (χ2v) is 13.0. The fourth-order valence-corrected chi connectivity index (χ4v) is 6.92. The lowest BCUT2D eigenvalue weighted by Gasteiger charge is -2.10. The van der Waals surface area contributed by atoms with Crippen molar-refractivity contribution in [2.24, 2.45) is 0 Å². The lowest BCUT2D eigenvalue weighted by molar-refractivity contribution is 1.28. The van der Waals surface area contributed by atoms with Gasteiger partial charge in [0, 0.05) is 44.4 Å². The molecule has 0 aliphatic heterocycles. The maximum atomic E-state index is 5.15. The van der Waals surface area contributed by atoms with Crippen LogP contribution in [0.3, 0.4) is 0 Å². The van der Waals surface area contributed by atoms with Gasteiger partial charge in [0.15, 0.2) is 0 Å². The van der Waals surface area contributed by atoms with Crippen molar-refractivity contribution >= 4 is 43.6 Å². The number of aromatic nitrogens is 5. The van der Waals surface area contributed by atoms with Crippen LogP contribution < -0.4 is 0 Å². The number of rotatable bonds is 5. The highest BCUT2D eigenvalue weighted by Gasteiger charge is 2.11. The van der Waals surface area contributed by atoms with E-state index in [2.05, 4.69) is 132 Å². The van der Waals surface area contributed by atoms with Crippen molar-refractivity contribution in [2.75, 3.05) is 0 Å². The normalized spacial score (nSPS) is 11.5. The van der Waals surface area contributed by atoms with Gasteiger partial charge in [-0.2, -0.15) is 0 Å². The quantitative estimate of drug-likeness (QED) is 0.171. The van der Waals surface area contributed by atoms with E-state index in [4.69, 9.17) is 19.9 Å². The molecule has 242 valence electrons. The van der Waals surface area contributed by atoms with Crippen molar-refractivity contribution in [3.05, 3.63) is 176 Å². The second-order valence-electron chi connectivity index (χ2n) is 13.0. The Labute approximate surface area is 300 Å². The lowest BCUT2D eigenvalue weighted by atomic mass is 10.00. The van der Waals surface area contributed by atoms with Gasteiger partial charge < -0.3 is 0 Å². The van der Waals surface area contributed by atoms with E-state index in [-0.39, 0.29) is 0 Å². The molecule has 5 heterocycles. The van der Waals surface area contributed by atoms with Crippen molar-refractivity contribution < 1.29 is 0 Å². The minimum Gasteiger partial charge on any atom is -0.255 e. The topological polar surface area (TPSA) is 64.5 Å². The van der Waals surface area contributed by atoms with Crippen molar-refractivity contribution in [2.45, 2.75) is 0 Å².